The molecule has 1 atom stereocenters. The zero-order valence-corrected chi connectivity index (χ0v) is 11.6. The number of amides is 1. The van der Waals surface area contributed by atoms with Gasteiger partial charge in [-0.2, -0.15) is 8.78 Å². The molecule has 2 N–H and O–H groups in total. The Kier molecular flexibility index (Phi) is 5.75. The molecule has 0 bridgehead atoms. The highest BCUT2D eigenvalue weighted by molar-refractivity contribution is 7.99. The summed E-state index contributed by atoms with van der Waals surface area (Å²) >= 11 is 0.482. The van der Waals surface area contributed by atoms with Crippen molar-refractivity contribution >= 4 is 23.4 Å². The Balaban J connectivity index is 1.81. The van der Waals surface area contributed by atoms with Crippen LogP contribution in [0.1, 0.15) is 6.42 Å². The SMILES string of the molecule is O=C(CC1COCCN1)Nc1ccc(SC(F)F)cc1. The van der Waals surface area contributed by atoms with Gasteiger partial charge in [0.2, 0.25) is 5.91 Å². The zero-order valence-electron chi connectivity index (χ0n) is 10.8. The monoisotopic (exact) mass is 302 g/mol. The van der Waals surface area contributed by atoms with E-state index < -0.39 is 5.76 Å². The van der Waals surface area contributed by atoms with Crippen molar-refractivity contribution in [1.29, 1.82) is 0 Å². The van der Waals surface area contributed by atoms with Crippen molar-refractivity contribution in [2.24, 2.45) is 0 Å². The summed E-state index contributed by atoms with van der Waals surface area (Å²) in [5.41, 5.74) is 0.602. The molecule has 1 aliphatic rings. The van der Waals surface area contributed by atoms with Gasteiger partial charge in [-0.3, -0.25) is 4.79 Å². The molecule has 0 aromatic heterocycles. The number of hydrogen-bond donors (Lipinski definition) is 2. The van der Waals surface area contributed by atoms with E-state index in [1.807, 2.05) is 0 Å². The number of carbonyl (C=O) groups is 1. The number of halogens is 2. The minimum atomic E-state index is -2.44. The Morgan fingerprint density at radius 1 is 1.45 bits per heavy atom. The molecule has 1 aromatic carbocycles. The van der Waals surface area contributed by atoms with Gasteiger partial charge in [-0.05, 0) is 24.3 Å². The first-order chi connectivity index (χ1) is 9.63. The number of ether oxygens (including phenoxy) is 1. The molecule has 1 aromatic rings. The lowest BCUT2D eigenvalue weighted by Gasteiger charge is -2.23. The van der Waals surface area contributed by atoms with Gasteiger partial charge in [0.25, 0.3) is 5.76 Å². The van der Waals surface area contributed by atoms with E-state index in [1.54, 1.807) is 24.3 Å². The molecule has 1 aliphatic heterocycles. The van der Waals surface area contributed by atoms with Crippen LogP contribution < -0.4 is 10.6 Å². The minimum absolute atomic E-state index is 0.0254. The van der Waals surface area contributed by atoms with Gasteiger partial charge in [-0.1, -0.05) is 11.8 Å². The molecule has 0 radical (unpaired) electrons. The second-order valence-corrected chi connectivity index (χ2v) is 5.44. The number of alkyl halides is 2. The van der Waals surface area contributed by atoms with E-state index in [9.17, 15) is 13.6 Å². The molecule has 0 aliphatic carbocycles. The van der Waals surface area contributed by atoms with E-state index in [2.05, 4.69) is 10.6 Å². The van der Waals surface area contributed by atoms with Gasteiger partial charge in [-0.25, -0.2) is 0 Å². The lowest BCUT2D eigenvalue weighted by molar-refractivity contribution is -0.117. The summed E-state index contributed by atoms with van der Waals surface area (Å²) in [6.07, 6.45) is 0.327. The van der Waals surface area contributed by atoms with Crippen LogP contribution in [0, 0.1) is 0 Å². The summed E-state index contributed by atoms with van der Waals surface area (Å²) in [7, 11) is 0. The van der Waals surface area contributed by atoms with Crippen LogP contribution in [0.25, 0.3) is 0 Å². The average Bonchev–Trinajstić information content (AvgIpc) is 2.41. The predicted octanol–water partition coefficient (Wildman–Crippen LogP) is 2.32. The molecule has 1 saturated heterocycles. The van der Waals surface area contributed by atoms with Crippen LogP contribution in [0.4, 0.5) is 14.5 Å². The summed E-state index contributed by atoms with van der Waals surface area (Å²) in [4.78, 5) is 12.3. The first-order valence-corrected chi connectivity index (χ1v) is 7.17. The summed E-state index contributed by atoms with van der Waals surface area (Å²) in [5, 5.41) is 5.93. The molecule has 20 heavy (non-hydrogen) atoms. The third-order valence-electron chi connectivity index (χ3n) is 2.79. The first-order valence-electron chi connectivity index (χ1n) is 6.29. The smallest absolute Gasteiger partial charge is 0.288 e. The molecule has 1 amide bonds. The molecule has 2 rings (SSSR count). The van der Waals surface area contributed by atoms with Gasteiger partial charge in [0.15, 0.2) is 0 Å². The van der Waals surface area contributed by atoms with Gasteiger partial charge in [0.1, 0.15) is 0 Å². The van der Waals surface area contributed by atoms with E-state index in [1.165, 1.54) is 0 Å². The number of rotatable bonds is 5. The summed E-state index contributed by atoms with van der Waals surface area (Å²) < 4.78 is 29.6. The quantitative estimate of drug-likeness (QED) is 0.820. The largest absolute Gasteiger partial charge is 0.378 e. The Labute approximate surface area is 120 Å². The second kappa shape index (κ2) is 7.56. The second-order valence-electron chi connectivity index (χ2n) is 4.38. The van der Waals surface area contributed by atoms with Crippen molar-refractivity contribution in [3.05, 3.63) is 24.3 Å². The number of nitrogens with one attached hydrogen (secondary N) is 2. The number of anilines is 1. The highest BCUT2D eigenvalue weighted by atomic mass is 32.2. The van der Waals surface area contributed by atoms with Gasteiger partial charge in [-0.15, -0.1) is 0 Å². The van der Waals surface area contributed by atoms with Gasteiger partial charge in [0, 0.05) is 29.6 Å². The maximum atomic E-state index is 12.2. The average molecular weight is 302 g/mol. The van der Waals surface area contributed by atoms with E-state index in [-0.39, 0.29) is 11.9 Å². The normalized spacial score (nSPS) is 19.1. The van der Waals surface area contributed by atoms with Gasteiger partial charge in [0.05, 0.1) is 13.2 Å². The Morgan fingerprint density at radius 3 is 2.80 bits per heavy atom. The topological polar surface area (TPSA) is 50.4 Å². The van der Waals surface area contributed by atoms with Crippen molar-refractivity contribution in [1.82, 2.24) is 5.32 Å². The number of carbonyl (C=O) groups excluding carboxylic acids is 1. The van der Waals surface area contributed by atoms with E-state index >= 15 is 0 Å². The van der Waals surface area contributed by atoms with Crippen LogP contribution in [0.5, 0.6) is 0 Å². The fourth-order valence-corrected chi connectivity index (χ4v) is 2.41. The summed E-state index contributed by atoms with van der Waals surface area (Å²) in [6.45, 7) is 1.94. The van der Waals surface area contributed by atoms with Crippen molar-refractivity contribution < 1.29 is 18.3 Å². The third kappa shape index (κ3) is 5.07. The van der Waals surface area contributed by atoms with Crippen molar-refractivity contribution in [2.45, 2.75) is 23.1 Å². The number of benzene rings is 1. The number of thioether (sulfide) groups is 1. The Hall–Kier alpha value is -1.18. The van der Waals surface area contributed by atoms with Crippen LogP contribution in [0.2, 0.25) is 0 Å². The molecular weight excluding hydrogens is 286 g/mol. The minimum Gasteiger partial charge on any atom is -0.378 e. The molecule has 1 fully saturated rings. The van der Waals surface area contributed by atoms with Crippen LogP contribution in [0.15, 0.2) is 29.2 Å². The van der Waals surface area contributed by atoms with Crippen molar-refractivity contribution in [3.63, 3.8) is 0 Å². The molecule has 1 unspecified atom stereocenters. The number of hydrogen-bond acceptors (Lipinski definition) is 4. The lowest BCUT2D eigenvalue weighted by atomic mass is 10.2. The zero-order chi connectivity index (χ0) is 14.4. The highest BCUT2D eigenvalue weighted by Gasteiger charge is 2.16. The van der Waals surface area contributed by atoms with Crippen LogP contribution in [0.3, 0.4) is 0 Å². The molecular formula is C13H16F2N2O2S. The summed E-state index contributed by atoms with van der Waals surface area (Å²) in [5.74, 6) is -2.56. The van der Waals surface area contributed by atoms with Crippen molar-refractivity contribution in [3.8, 4) is 0 Å². The lowest BCUT2D eigenvalue weighted by Crippen LogP contribution is -2.43. The standard InChI is InChI=1S/C13H16F2N2O2S/c14-13(15)20-11-3-1-9(2-4-11)17-12(18)7-10-8-19-6-5-16-10/h1-4,10,13,16H,5-8H2,(H,17,18). The molecule has 7 heteroatoms. The fourth-order valence-electron chi connectivity index (χ4n) is 1.91. The Bertz CT molecular complexity index is 437. The number of morpholine rings is 1. The van der Waals surface area contributed by atoms with E-state index in [0.717, 1.165) is 6.54 Å². The summed E-state index contributed by atoms with van der Waals surface area (Å²) in [6, 6.07) is 6.39. The van der Waals surface area contributed by atoms with Crippen LogP contribution in [-0.2, 0) is 9.53 Å². The van der Waals surface area contributed by atoms with Crippen molar-refractivity contribution in [2.75, 3.05) is 25.1 Å². The molecule has 1 heterocycles. The molecule has 110 valence electrons. The van der Waals surface area contributed by atoms with Gasteiger partial charge < -0.3 is 15.4 Å². The maximum Gasteiger partial charge on any atom is 0.288 e. The van der Waals surface area contributed by atoms with Gasteiger partial charge >= 0.3 is 0 Å². The van der Waals surface area contributed by atoms with E-state index in [0.29, 0.717) is 42.0 Å². The van der Waals surface area contributed by atoms with E-state index in [4.69, 9.17) is 4.74 Å². The van der Waals surface area contributed by atoms with Crippen LogP contribution in [-0.4, -0.2) is 37.5 Å². The predicted molar refractivity (Wildman–Crippen MR) is 74.2 cm³/mol. The molecule has 0 spiro atoms. The third-order valence-corrected chi connectivity index (χ3v) is 3.52. The van der Waals surface area contributed by atoms with Crippen LogP contribution >= 0.6 is 11.8 Å². The molecule has 4 nitrogen and oxygen atoms in total. The molecule has 0 saturated carbocycles. The Morgan fingerprint density at radius 2 is 2.20 bits per heavy atom. The maximum absolute atomic E-state index is 12.2. The highest BCUT2D eigenvalue weighted by Crippen LogP contribution is 2.26. The fraction of sp³-hybridized carbons (Fsp3) is 0.462. The first kappa shape index (κ1) is 15.2.